The quantitative estimate of drug-likeness (QED) is 0.658. The molecule has 0 radical (unpaired) electrons. The van der Waals surface area contributed by atoms with E-state index in [0.717, 1.165) is 19.3 Å². The number of carbonyl (C=O) groups is 2. The van der Waals surface area contributed by atoms with E-state index in [9.17, 15) is 9.59 Å². The highest BCUT2D eigenvalue weighted by Gasteiger charge is 2.33. The number of nitrogens with zero attached hydrogens (tertiary/aromatic N) is 1. The summed E-state index contributed by atoms with van der Waals surface area (Å²) in [4.78, 5) is 27.2. The molecule has 1 fully saturated rings. The van der Waals surface area contributed by atoms with E-state index in [2.05, 4.69) is 12.2 Å². The van der Waals surface area contributed by atoms with Gasteiger partial charge in [0.05, 0.1) is 6.61 Å². The van der Waals surface area contributed by atoms with Crippen LogP contribution in [0.1, 0.15) is 44.2 Å². The molecule has 0 bridgehead atoms. The molecular weight excluding hydrogens is 387 g/mol. The number of ether oxygens (including phenoxy) is 1. The third kappa shape index (κ3) is 6.09. The topological polar surface area (TPSA) is 58.6 Å². The van der Waals surface area contributed by atoms with E-state index in [1.54, 1.807) is 31.4 Å². The standard InChI is InChI=1S/C20H28Cl2N2O3/c1-14-5-3-4-6-17(14)23-20(26)19(15-7-9-16(22)10-8-15)24(11-12-27-2)18(25)13-21/h7-10,14,17,19H,3-6,11-13H2,1-2H3,(H,23,26)/t14-,17-,19-/m0/s1. The van der Waals surface area contributed by atoms with Gasteiger partial charge in [0.1, 0.15) is 11.9 Å². The molecule has 7 heteroatoms. The van der Waals surface area contributed by atoms with E-state index in [-0.39, 0.29) is 30.3 Å². The smallest absolute Gasteiger partial charge is 0.247 e. The highest BCUT2D eigenvalue weighted by Crippen LogP contribution is 2.27. The maximum Gasteiger partial charge on any atom is 0.247 e. The molecule has 0 saturated heterocycles. The molecule has 5 nitrogen and oxygen atoms in total. The molecule has 0 unspecified atom stereocenters. The predicted octanol–water partition coefficient (Wildman–Crippen LogP) is 3.79. The lowest BCUT2D eigenvalue weighted by Crippen LogP contribution is -2.49. The third-order valence-electron chi connectivity index (χ3n) is 5.16. The SMILES string of the molecule is COCCN(C(=O)CCl)[C@H](C(=O)N[C@H]1CCCC[C@@H]1C)c1ccc(Cl)cc1. The van der Waals surface area contributed by atoms with Gasteiger partial charge in [-0.25, -0.2) is 0 Å². The second kappa shape index (κ2) is 10.9. The Morgan fingerprint density at radius 2 is 1.93 bits per heavy atom. The summed E-state index contributed by atoms with van der Waals surface area (Å²) in [7, 11) is 1.56. The normalized spacial score (nSPS) is 20.7. The summed E-state index contributed by atoms with van der Waals surface area (Å²) in [5, 5.41) is 3.74. The molecule has 1 aliphatic carbocycles. The predicted molar refractivity (Wildman–Crippen MR) is 108 cm³/mol. The van der Waals surface area contributed by atoms with Gasteiger partial charge >= 0.3 is 0 Å². The molecule has 0 heterocycles. The van der Waals surface area contributed by atoms with Crippen molar-refractivity contribution in [3.05, 3.63) is 34.9 Å². The second-order valence-electron chi connectivity index (χ2n) is 7.04. The zero-order valence-corrected chi connectivity index (χ0v) is 17.4. The Labute approximate surface area is 171 Å². The number of rotatable bonds is 8. The van der Waals surface area contributed by atoms with Gasteiger partial charge in [0, 0.05) is 24.7 Å². The largest absolute Gasteiger partial charge is 0.383 e. The molecule has 0 aromatic heterocycles. The van der Waals surface area contributed by atoms with Gasteiger partial charge in [-0.05, 0) is 36.5 Å². The lowest BCUT2D eigenvalue weighted by Gasteiger charge is -2.35. The van der Waals surface area contributed by atoms with Crippen LogP contribution < -0.4 is 5.32 Å². The van der Waals surface area contributed by atoms with Crippen molar-refractivity contribution < 1.29 is 14.3 Å². The Morgan fingerprint density at radius 3 is 2.52 bits per heavy atom. The van der Waals surface area contributed by atoms with Gasteiger partial charge in [0.2, 0.25) is 11.8 Å². The number of benzene rings is 1. The van der Waals surface area contributed by atoms with Crippen molar-refractivity contribution in [2.24, 2.45) is 5.92 Å². The van der Waals surface area contributed by atoms with Crippen LogP contribution in [0.4, 0.5) is 0 Å². The highest BCUT2D eigenvalue weighted by molar-refractivity contribution is 6.30. The number of nitrogens with one attached hydrogen (secondary N) is 1. The number of alkyl halides is 1. The Balaban J connectivity index is 2.30. The lowest BCUT2D eigenvalue weighted by atomic mass is 9.85. The summed E-state index contributed by atoms with van der Waals surface area (Å²) in [6, 6.07) is 6.35. The van der Waals surface area contributed by atoms with Crippen molar-refractivity contribution in [2.75, 3.05) is 26.1 Å². The zero-order chi connectivity index (χ0) is 19.8. The van der Waals surface area contributed by atoms with Crippen LogP contribution in [-0.2, 0) is 14.3 Å². The van der Waals surface area contributed by atoms with Crippen LogP contribution in [0.2, 0.25) is 5.02 Å². The minimum Gasteiger partial charge on any atom is -0.383 e. The Bertz CT molecular complexity index is 624. The van der Waals surface area contributed by atoms with Gasteiger partial charge in [0.25, 0.3) is 0 Å². The molecule has 1 saturated carbocycles. The molecule has 1 N–H and O–H groups in total. The van der Waals surface area contributed by atoms with E-state index < -0.39 is 6.04 Å². The molecule has 1 aromatic carbocycles. The average molecular weight is 415 g/mol. The fraction of sp³-hybridized carbons (Fsp3) is 0.600. The van der Waals surface area contributed by atoms with E-state index >= 15 is 0 Å². The number of hydrogen-bond donors (Lipinski definition) is 1. The average Bonchev–Trinajstić information content (AvgIpc) is 2.67. The maximum atomic E-state index is 13.2. The first-order chi connectivity index (χ1) is 13.0. The van der Waals surface area contributed by atoms with Crippen LogP contribution in [0.15, 0.2) is 24.3 Å². The minimum atomic E-state index is -0.766. The first-order valence-corrected chi connectivity index (χ1v) is 10.3. The fourth-order valence-corrected chi connectivity index (χ4v) is 3.85. The highest BCUT2D eigenvalue weighted by atomic mass is 35.5. The molecule has 3 atom stereocenters. The van der Waals surface area contributed by atoms with E-state index in [1.807, 2.05) is 0 Å². The summed E-state index contributed by atoms with van der Waals surface area (Å²) >= 11 is 11.8. The molecule has 0 spiro atoms. The van der Waals surface area contributed by atoms with Gasteiger partial charge in [0.15, 0.2) is 0 Å². The molecule has 2 rings (SSSR count). The molecule has 150 valence electrons. The summed E-state index contributed by atoms with van der Waals surface area (Å²) in [5.41, 5.74) is 0.704. The summed E-state index contributed by atoms with van der Waals surface area (Å²) < 4.78 is 5.13. The monoisotopic (exact) mass is 414 g/mol. The lowest BCUT2D eigenvalue weighted by molar-refractivity contribution is -0.140. The Kier molecular flexibility index (Phi) is 8.87. The summed E-state index contributed by atoms with van der Waals surface area (Å²) in [5.74, 6) is -0.267. The van der Waals surface area contributed by atoms with E-state index in [4.69, 9.17) is 27.9 Å². The summed E-state index contributed by atoms with van der Waals surface area (Å²) in [6.07, 6.45) is 4.36. The van der Waals surface area contributed by atoms with Crippen LogP contribution in [0.25, 0.3) is 0 Å². The van der Waals surface area contributed by atoms with Crippen LogP contribution in [-0.4, -0.2) is 48.9 Å². The second-order valence-corrected chi connectivity index (χ2v) is 7.75. The van der Waals surface area contributed by atoms with Gasteiger partial charge in [-0.2, -0.15) is 0 Å². The fourth-order valence-electron chi connectivity index (χ4n) is 3.57. The van der Waals surface area contributed by atoms with Gasteiger partial charge in [-0.3, -0.25) is 9.59 Å². The van der Waals surface area contributed by atoms with Crippen molar-refractivity contribution in [1.82, 2.24) is 10.2 Å². The number of hydrogen-bond acceptors (Lipinski definition) is 3. The number of methoxy groups -OCH3 is 1. The van der Waals surface area contributed by atoms with Gasteiger partial charge in [-0.1, -0.05) is 43.5 Å². The van der Waals surface area contributed by atoms with Gasteiger partial charge in [-0.15, -0.1) is 11.6 Å². The van der Waals surface area contributed by atoms with Crippen LogP contribution in [0.3, 0.4) is 0 Å². The Morgan fingerprint density at radius 1 is 1.26 bits per heavy atom. The first-order valence-electron chi connectivity index (χ1n) is 9.38. The number of amides is 2. The van der Waals surface area contributed by atoms with Crippen molar-refractivity contribution >= 4 is 35.0 Å². The van der Waals surface area contributed by atoms with E-state index in [1.165, 1.54) is 11.3 Å². The van der Waals surface area contributed by atoms with E-state index in [0.29, 0.717) is 23.1 Å². The van der Waals surface area contributed by atoms with Crippen molar-refractivity contribution in [3.63, 3.8) is 0 Å². The molecular formula is C20H28Cl2N2O3. The number of halogens is 2. The molecule has 1 aliphatic rings. The Hall–Kier alpha value is -1.30. The van der Waals surface area contributed by atoms with Crippen LogP contribution >= 0.6 is 23.2 Å². The number of carbonyl (C=O) groups excluding carboxylic acids is 2. The molecule has 1 aromatic rings. The minimum absolute atomic E-state index is 0.122. The van der Waals surface area contributed by atoms with Crippen LogP contribution in [0, 0.1) is 5.92 Å². The first kappa shape index (κ1) is 22.0. The molecule has 27 heavy (non-hydrogen) atoms. The molecule has 0 aliphatic heterocycles. The van der Waals surface area contributed by atoms with Gasteiger partial charge < -0.3 is 15.0 Å². The molecule has 2 amide bonds. The van der Waals surface area contributed by atoms with Crippen molar-refractivity contribution in [2.45, 2.75) is 44.7 Å². The van der Waals surface area contributed by atoms with Crippen molar-refractivity contribution in [1.29, 1.82) is 0 Å². The third-order valence-corrected chi connectivity index (χ3v) is 5.64. The van der Waals surface area contributed by atoms with Crippen molar-refractivity contribution in [3.8, 4) is 0 Å². The maximum absolute atomic E-state index is 13.2. The summed E-state index contributed by atoms with van der Waals surface area (Å²) in [6.45, 7) is 2.76. The zero-order valence-electron chi connectivity index (χ0n) is 15.9. The van der Waals surface area contributed by atoms with Crippen LogP contribution in [0.5, 0.6) is 0 Å².